The van der Waals surface area contributed by atoms with Crippen LogP contribution in [-0.2, 0) is 9.59 Å². The van der Waals surface area contributed by atoms with Gasteiger partial charge < -0.3 is 4.74 Å². The molecule has 3 rings (SSSR count). The van der Waals surface area contributed by atoms with Crippen LogP contribution in [0.1, 0.15) is 18.9 Å². The first-order valence-corrected chi connectivity index (χ1v) is 9.26. The molecule has 2 aromatic carbocycles. The summed E-state index contributed by atoms with van der Waals surface area (Å²) in [5.41, 5.74) is 0.477. The van der Waals surface area contributed by atoms with Crippen LogP contribution in [0.15, 0.2) is 48.0 Å². The van der Waals surface area contributed by atoms with E-state index in [4.69, 9.17) is 27.9 Å². The number of imide groups is 2. The van der Waals surface area contributed by atoms with Crippen molar-refractivity contribution >= 4 is 52.8 Å². The number of urea groups is 1. The first-order valence-electron chi connectivity index (χ1n) is 8.50. The Balaban J connectivity index is 2.07. The zero-order valence-corrected chi connectivity index (χ0v) is 16.4. The SMILES string of the molecule is CCCOc1c(Cl)cc(Cl)cc1/C=C1\C(=O)NC(=O)N(c2ccccc2)C1=O. The molecule has 0 saturated carbocycles. The Morgan fingerprint density at radius 1 is 1.11 bits per heavy atom. The third kappa shape index (κ3) is 4.03. The molecule has 1 aliphatic rings. The van der Waals surface area contributed by atoms with Gasteiger partial charge in [0.25, 0.3) is 11.8 Å². The van der Waals surface area contributed by atoms with Crippen molar-refractivity contribution in [1.29, 1.82) is 0 Å². The number of rotatable bonds is 5. The van der Waals surface area contributed by atoms with E-state index in [1.165, 1.54) is 18.2 Å². The largest absolute Gasteiger partial charge is 0.491 e. The lowest BCUT2D eigenvalue weighted by molar-refractivity contribution is -0.122. The molecule has 0 bridgehead atoms. The summed E-state index contributed by atoms with van der Waals surface area (Å²) in [6, 6.07) is 10.5. The topological polar surface area (TPSA) is 75.7 Å². The van der Waals surface area contributed by atoms with Crippen LogP contribution >= 0.6 is 23.2 Å². The van der Waals surface area contributed by atoms with Gasteiger partial charge in [0.1, 0.15) is 11.3 Å². The number of benzene rings is 2. The molecular formula is C20H16Cl2N2O4. The number of amides is 4. The quantitative estimate of drug-likeness (QED) is 0.574. The minimum absolute atomic E-state index is 0.233. The first kappa shape index (κ1) is 19.9. The number of nitrogens with zero attached hydrogens (tertiary/aromatic N) is 1. The molecule has 144 valence electrons. The predicted octanol–water partition coefficient (Wildman–Crippen LogP) is 4.45. The molecular weight excluding hydrogens is 403 g/mol. The molecule has 4 amide bonds. The highest BCUT2D eigenvalue weighted by molar-refractivity contribution is 6.40. The summed E-state index contributed by atoms with van der Waals surface area (Å²) in [6.45, 7) is 2.33. The average molecular weight is 419 g/mol. The number of hydrogen-bond donors (Lipinski definition) is 1. The van der Waals surface area contributed by atoms with Crippen LogP contribution in [-0.4, -0.2) is 24.5 Å². The molecule has 1 heterocycles. The molecule has 6 nitrogen and oxygen atoms in total. The van der Waals surface area contributed by atoms with Crippen molar-refractivity contribution in [2.75, 3.05) is 11.5 Å². The first-order chi connectivity index (χ1) is 13.4. The van der Waals surface area contributed by atoms with Crippen molar-refractivity contribution in [2.24, 2.45) is 0 Å². The lowest BCUT2D eigenvalue weighted by atomic mass is 10.1. The molecule has 1 fully saturated rings. The van der Waals surface area contributed by atoms with E-state index in [9.17, 15) is 14.4 Å². The zero-order chi connectivity index (χ0) is 20.3. The maximum absolute atomic E-state index is 12.9. The van der Waals surface area contributed by atoms with Crippen LogP contribution in [0, 0.1) is 0 Å². The molecule has 0 aromatic heterocycles. The summed E-state index contributed by atoms with van der Waals surface area (Å²) in [6.07, 6.45) is 2.06. The maximum atomic E-state index is 12.9. The number of anilines is 1. The Kier molecular flexibility index (Phi) is 6.02. The summed E-state index contributed by atoms with van der Waals surface area (Å²) >= 11 is 12.3. The van der Waals surface area contributed by atoms with Gasteiger partial charge in [-0.1, -0.05) is 48.3 Å². The predicted molar refractivity (Wildman–Crippen MR) is 108 cm³/mol. The average Bonchev–Trinajstić information content (AvgIpc) is 2.65. The molecule has 1 saturated heterocycles. The minimum Gasteiger partial charge on any atom is -0.491 e. The lowest BCUT2D eigenvalue weighted by Gasteiger charge is -2.26. The molecule has 1 N–H and O–H groups in total. The standard InChI is InChI=1S/C20H16Cl2N2O4/c1-2-8-28-17-12(9-13(21)11-16(17)22)10-15-18(25)23-20(27)24(19(15)26)14-6-4-3-5-7-14/h3-7,9-11H,2,8H2,1H3,(H,23,25,27)/b15-10+. The van der Waals surface area contributed by atoms with Crippen LogP contribution in [0.25, 0.3) is 6.08 Å². The third-order valence-electron chi connectivity index (χ3n) is 3.90. The monoisotopic (exact) mass is 418 g/mol. The molecule has 0 atom stereocenters. The Hall–Kier alpha value is -2.83. The molecule has 0 spiro atoms. The van der Waals surface area contributed by atoms with E-state index in [-0.39, 0.29) is 10.6 Å². The van der Waals surface area contributed by atoms with Crippen molar-refractivity contribution in [1.82, 2.24) is 5.32 Å². The fourth-order valence-electron chi connectivity index (χ4n) is 2.67. The van der Waals surface area contributed by atoms with Crippen molar-refractivity contribution in [3.63, 3.8) is 0 Å². The summed E-state index contributed by atoms with van der Waals surface area (Å²) < 4.78 is 5.66. The number of carbonyl (C=O) groups excluding carboxylic acids is 3. The number of hydrogen-bond acceptors (Lipinski definition) is 4. The van der Waals surface area contributed by atoms with E-state index in [1.54, 1.807) is 30.3 Å². The number of para-hydroxylation sites is 1. The van der Waals surface area contributed by atoms with E-state index in [0.717, 1.165) is 11.3 Å². The van der Waals surface area contributed by atoms with E-state index in [0.29, 0.717) is 28.6 Å². The van der Waals surface area contributed by atoms with E-state index < -0.39 is 17.8 Å². The summed E-state index contributed by atoms with van der Waals surface area (Å²) in [4.78, 5) is 38.4. The smallest absolute Gasteiger partial charge is 0.335 e. The maximum Gasteiger partial charge on any atom is 0.335 e. The second-order valence-corrected chi connectivity index (χ2v) is 6.79. The van der Waals surface area contributed by atoms with E-state index in [1.807, 2.05) is 6.92 Å². The highest BCUT2D eigenvalue weighted by atomic mass is 35.5. The Morgan fingerprint density at radius 3 is 2.50 bits per heavy atom. The van der Waals surface area contributed by atoms with E-state index >= 15 is 0 Å². The fourth-order valence-corrected chi connectivity index (χ4v) is 3.23. The minimum atomic E-state index is -0.815. The number of ether oxygens (including phenoxy) is 1. The molecule has 0 unspecified atom stereocenters. The fraction of sp³-hybridized carbons (Fsp3) is 0.150. The summed E-state index contributed by atoms with van der Waals surface area (Å²) in [7, 11) is 0. The molecule has 2 aromatic rings. The Bertz CT molecular complexity index is 974. The molecule has 1 aliphatic heterocycles. The van der Waals surface area contributed by atoms with Gasteiger partial charge in [0.15, 0.2) is 0 Å². The third-order valence-corrected chi connectivity index (χ3v) is 4.40. The second-order valence-electron chi connectivity index (χ2n) is 5.95. The van der Waals surface area contributed by atoms with Crippen molar-refractivity contribution in [2.45, 2.75) is 13.3 Å². The molecule has 28 heavy (non-hydrogen) atoms. The number of barbiturate groups is 1. The molecule has 0 radical (unpaired) electrons. The van der Waals surface area contributed by atoms with E-state index in [2.05, 4.69) is 5.32 Å². The second kappa shape index (κ2) is 8.46. The van der Waals surface area contributed by atoms with Crippen molar-refractivity contribution in [3.05, 3.63) is 63.6 Å². The van der Waals surface area contributed by atoms with Gasteiger partial charge in [0.05, 0.1) is 17.3 Å². The highest BCUT2D eigenvalue weighted by Crippen LogP contribution is 2.34. The van der Waals surface area contributed by atoms with Crippen molar-refractivity contribution < 1.29 is 19.1 Å². The van der Waals surface area contributed by atoms with Crippen LogP contribution < -0.4 is 15.0 Å². The van der Waals surface area contributed by atoms with Gasteiger partial charge in [-0.15, -0.1) is 0 Å². The van der Waals surface area contributed by atoms with Crippen LogP contribution in [0.4, 0.5) is 10.5 Å². The van der Waals surface area contributed by atoms with Gasteiger partial charge >= 0.3 is 6.03 Å². The van der Waals surface area contributed by atoms with Crippen molar-refractivity contribution in [3.8, 4) is 5.75 Å². The highest BCUT2D eigenvalue weighted by Gasteiger charge is 2.37. The Morgan fingerprint density at radius 2 is 1.82 bits per heavy atom. The summed E-state index contributed by atoms with van der Waals surface area (Å²) in [5.74, 6) is -1.25. The van der Waals surface area contributed by atoms with Gasteiger partial charge in [-0.25, -0.2) is 9.69 Å². The van der Waals surface area contributed by atoms with Gasteiger partial charge in [-0.3, -0.25) is 14.9 Å². The van der Waals surface area contributed by atoms with Crippen LogP contribution in [0.5, 0.6) is 5.75 Å². The number of carbonyl (C=O) groups is 3. The number of nitrogens with one attached hydrogen (secondary N) is 1. The van der Waals surface area contributed by atoms with Crippen LogP contribution in [0.2, 0.25) is 10.0 Å². The zero-order valence-electron chi connectivity index (χ0n) is 14.9. The van der Waals surface area contributed by atoms with Gasteiger partial charge in [-0.05, 0) is 36.8 Å². The van der Waals surface area contributed by atoms with Gasteiger partial charge in [0, 0.05) is 10.6 Å². The Labute approximate surface area is 171 Å². The van der Waals surface area contributed by atoms with Gasteiger partial charge in [-0.2, -0.15) is 0 Å². The normalized spacial score (nSPS) is 15.8. The lowest BCUT2D eigenvalue weighted by Crippen LogP contribution is -2.54. The number of halogens is 2. The van der Waals surface area contributed by atoms with Crippen LogP contribution in [0.3, 0.4) is 0 Å². The molecule has 0 aliphatic carbocycles. The van der Waals surface area contributed by atoms with Gasteiger partial charge in [0.2, 0.25) is 0 Å². The summed E-state index contributed by atoms with van der Waals surface area (Å²) in [5, 5.41) is 2.75. The molecule has 8 heteroatoms.